The fourth-order valence-corrected chi connectivity index (χ4v) is 4.25. The van der Waals surface area contributed by atoms with Gasteiger partial charge in [-0.2, -0.15) is 0 Å². The van der Waals surface area contributed by atoms with E-state index in [0.29, 0.717) is 38.1 Å². The molecule has 1 N–H and O–H groups in total. The van der Waals surface area contributed by atoms with Crippen LogP contribution in [-0.2, 0) is 4.74 Å². The van der Waals surface area contributed by atoms with E-state index in [9.17, 15) is 4.79 Å². The summed E-state index contributed by atoms with van der Waals surface area (Å²) in [6.07, 6.45) is 1.53. The first-order valence-corrected chi connectivity index (χ1v) is 11.5. The summed E-state index contributed by atoms with van der Waals surface area (Å²) in [7, 11) is 3.76. The molecule has 4 rings (SSSR count). The van der Waals surface area contributed by atoms with Crippen molar-refractivity contribution in [3.63, 3.8) is 0 Å². The van der Waals surface area contributed by atoms with Gasteiger partial charge >= 0.3 is 5.97 Å². The molecule has 1 saturated heterocycles. The maximum Gasteiger partial charge on any atom is 0.341 e. The molecule has 7 nitrogen and oxygen atoms in total. The fraction of sp³-hybridized carbons (Fsp3) is 0.333. The van der Waals surface area contributed by atoms with E-state index >= 15 is 0 Å². The molecule has 0 saturated carbocycles. The van der Waals surface area contributed by atoms with Crippen LogP contribution in [0.15, 0.2) is 36.5 Å². The molecule has 1 fully saturated rings. The summed E-state index contributed by atoms with van der Waals surface area (Å²) in [6, 6.07) is 9.19. The predicted molar refractivity (Wildman–Crippen MR) is 134 cm³/mol. The molecule has 1 aliphatic heterocycles. The van der Waals surface area contributed by atoms with Gasteiger partial charge in [-0.1, -0.05) is 29.3 Å². The number of carbonyl (C=O) groups is 1. The largest absolute Gasteiger partial charge is 0.495 e. The number of carbonyl (C=O) groups excluding carboxylic acids is 1. The standard InChI is InChI=1S/C24H26Cl2N4O3/c1-4-33-24(31)16-14-27-19-13-20(30-10-8-29(2)9-11-30)21(32-3)12-15(19)23(16)28-18-7-5-6-17(25)22(18)26/h5-7,12-14H,4,8-11H2,1-3H3,(H,27,28). The van der Waals surface area contributed by atoms with Crippen LogP contribution < -0.4 is 15.0 Å². The molecule has 1 aliphatic rings. The highest BCUT2D eigenvalue weighted by Crippen LogP contribution is 2.40. The molecule has 0 amide bonds. The minimum atomic E-state index is -0.477. The van der Waals surface area contributed by atoms with Crippen molar-refractivity contribution in [2.24, 2.45) is 0 Å². The summed E-state index contributed by atoms with van der Waals surface area (Å²) >= 11 is 12.6. The molecule has 174 valence electrons. The van der Waals surface area contributed by atoms with E-state index in [1.54, 1.807) is 32.2 Å². The zero-order valence-electron chi connectivity index (χ0n) is 18.8. The number of esters is 1. The Morgan fingerprint density at radius 3 is 2.64 bits per heavy atom. The highest BCUT2D eigenvalue weighted by molar-refractivity contribution is 6.43. The number of methoxy groups -OCH3 is 1. The highest BCUT2D eigenvalue weighted by Gasteiger charge is 2.23. The van der Waals surface area contributed by atoms with Crippen LogP contribution in [0.5, 0.6) is 5.75 Å². The van der Waals surface area contributed by atoms with E-state index in [1.807, 2.05) is 12.1 Å². The number of piperazine rings is 1. The summed E-state index contributed by atoms with van der Waals surface area (Å²) < 4.78 is 11.0. The third-order valence-corrected chi connectivity index (χ3v) is 6.54. The maximum atomic E-state index is 12.7. The van der Waals surface area contributed by atoms with Gasteiger partial charge in [0.2, 0.25) is 0 Å². The molecule has 0 atom stereocenters. The Kier molecular flexibility index (Phi) is 7.12. The van der Waals surface area contributed by atoms with Gasteiger partial charge in [0.25, 0.3) is 0 Å². The van der Waals surface area contributed by atoms with Gasteiger partial charge in [0.15, 0.2) is 0 Å². The molecule has 33 heavy (non-hydrogen) atoms. The number of aromatic nitrogens is 1. The van der Waals surface area contributed by atoms with Gasteiger partial charge in [-0.05, 0) is 38.2 Å². The first-order valence-electron chi connectivity index (χ1n) is 10.7. The van der Waals surface area contributed by atoms with Crippen molar-refractivity contribution in [2.45, 2.75) is 6.92 Å². The van der Waals surface area contributed by atoms with Gasteiger partial charge in [-0.3, -0.25) is 4.98 Å². The lowest BCUT2D eigenvalue weighted by molar-refractivity contribution is 0.0527. The third-order valence-electron chi connectivity index (χ3n) is 5.72. The summed E-state index contributed by atoms with van der Waals surface area (Å²) in [4.78, 5) is 21.9. The number of benzene rings is 2. The SMILES string of the molecule is CCOC(=O)c1cnc2cc(N3CCN(C)CC3)c(OC)cc2c1Nc1cccc(Cl)c1Cl. The molecule has 0 radical (unpaired) electrons. The molecule has 3 aromatic rings. The van der Waals surface area contributed by atoms with Crippen molar-refractivity contribution in [2.75, 3.05) is 57.2 Å². The summed E-state index contributed by atoms with van der Waals surface area (Å²) in [6.45, 7) is 5.73. The molecule has 2 aromatic carbocycles. The monoisotopic (exact) mass is 488 g/mol. The molecule has 0 unspecified atom stereocenters. The van der Waals surface area contributed by atoms with Gasteiger partial charge in [0.05, 0.1) is 46.3 Å². The van der Waals surface area contributed by atoms with E-state index in [1.165, 1.54) is 6.20 Å². The lowest BCUT2D eigenvalue weighted by Crippen LogP contribution is -2.44. The maximum absolute atomic E-state index is 12.7. The summed E-state index contributed by atoms with van der Waals surface area (Å²) in [5.41, 5.74) is 3.10. The topological polar surface area (TPSA) is 66.9 Å². The number of rotatable bonds is 6. The number of halogens is 2. The van der Waals surface area contributed by atoms with Crippen LogP contribution in [0.2, 0.25) is 10.0 Å². The van der Waals surface area contributed by atoms with Gasteiger partial charge < -0.3 is 24.6 Å². The second kappa shape index (κ2) is 10.0. The Morgan fingerprint density at radius 1 is 1.18 bits per heavy atom. The number of likely N-dealkylation sites (N-methyl/N-ethyl adjacent to an activating group) is 1. The number of fused-ring (bicyclic) bond motifs is 1. The minimum absolute atomic E-state index is 0.250. The number of anilines is 3. The van der Waals surface area contributed by atoms with E-state index in [2.05, 4.69) is 27.1 Å². The van der Waals surface area contributed by atoms with Gasteiger partial charge in [-0.25, -0.2) is 4.79 Å². The van der Waals surface area contributed by atoms with Crippen molar-refractivity contribution in [1.82, 2.24) is 9.88 Å². The molecular formula is C24H26Cl2N4O3. The molecule has 9 heteroatoms. The van der Waals surface area contributed by atoms with Gasteiger partial charge in [0.1, 0.15) is 11.3 Å². The number of nitrogens with zero attached hydrogens (tertiary/aromatic N) is 3. The van der Waals surface area contributed by atoms with Crippen molar-refractivity contribution in [3.05, 3.63) is 52.1 Å². The van der Waals surface area contributed by atoms with Crippen LogP contribution in [0.4, 0.5) is 17.1 Å². The lowest BCUT2D eigenvalue weighted by atomic mass is 10.1. The lowest BCUT2D eigenvalue weighted by Gasteiger charge is -2.34. The molecule has 2 heterocycles. The van der Waals surface area contributed by atoms with Crippen LogP contribution in [0.3, 0.4) is 0 Å². The van der Waals surface area contributed by atoms with Crippen molar-refractivity contribution in [1.29, 1.82) is 0 Å². The fourth-order valence-electron chi connectivity index (χ4n) is 3.90. The molecular weight excluding hydrogens is 463 g/mol. The van der Waals surface area contributed by atoms with Gasteiger partial charge in [-0.15, -0.1) is 0 Å². The normalized spacial score (nSPS) is 14.4. The van der Waals surface area contributed by atoms with Crippen LogP contribution in [-0.4, -0.2) is 62.8 Å². The van der Waals surface area contributed by atoms with Crippen LogP contribution in [0, 0.1) is 0 Å². The van der Waals surface area contributed by atoms with Crippen LogP contribution in [0.1, 0.15) is 17.3 Å². The third kappa shape index (κ3) is 4.81. The van der Waals surface area contributed by atoms with E-state index < -0.39 is 5.97 Å². The Bertz CT molecular complexity index is 1180. The Balaban J connectivity index is 1.87. The second-order valence-corrected chi connectivity index (χ2v) is 8.61. The average Bonchev–Trinajstić information content (AvgIpc) is 2.82. The smallest absolute Gasteiger partial charge is 0.341 e. The van der Waals surface area contributed by atoms with Crippen molar-refractivity contribution >= 4 is 57.1 Å². The van der Waals surface area contributed by atoms with Crippen molar-refractivity contribution < 1.29 is 14.3 Å². The zero-order chi connectivity index (χ0) is 23.5. The van der Waals surface area contributed by atoms with E-state index in [-0.39, 0.29) is 6.61 Å². The summed E-state index contributed by atoms with van der Waals surface area (Å²) in [5, 5.41) is 4.77. The first kappa shape index (κ1) is 23.4. The number of pyridine rings is 1. The minimum Gasteiger partial charge on any atom is -0.495 e. The molecule has 1 aromatic heterocycles. The highest BCUT2D eigenvalue weighted by atomic mass is 35.5. The molecule has 0 bridgehead atoms. The number of hydrogen-bond donors (Lipinski definition) is 1. The summed E-state index contributed by atoms with van der Waals surface area (Å²) in [5.74, 6) is 0.227. The number of hydrogen-bond acceptors (Lipinski definition) is 7. The van der Waals surface area contributed by atoms with E-state index in [4.69, 9.17) is 32.7 Å². The zero-order valence-corrected chi connectivity index (χ0v) is 20.3. The second-order valence-electron chi connectivity index (χ2n) is 7.83. The van der Waals surface area contributed by atoms with Crippen LogP contribution in [0.25, 0.3) is 10.9 Å². The van der Waals surface area contributed by atoms with Gasteiger partial charge in [0, 0.05) is 37.8 Å². The predicted octanol–water partition coefficient (Wildman–Crippen LogP) is 5.22. The Morgan fingerprint density at radius 2 is 1.94 bits per heavy atom. The van der Waals surface area contributed by atoms with Crippen LogP contribution >= 0.6 is 23.2 Å². The Labute approximate surface area is 203 Å². The van der Waals surface area contributed by atoms with Crippen molar-refractivity contribution in [3.8, 4) is 5.75 Å². The number of ether oxygens (including phenoxy) is 2. The Hall–Kier alpha value is -2.74. The quantitative estimate of drug-likeness (QED) is 0.476. The first-order chi connectivity index (χ1) is 15.9. The van der Waals surface area contributed by atoms with E-state index in [0.717, 1.165) is 37.4 Å². The molecule has 0 aliphatic carbocycles. The average molecular weight is 489 g/mol. The molecule has 0 spiro atoms. The number of nitrogens with one attached hydrogen (secondary N) is 1.